The lowest BCUT2D eigenvalue weighted by Crippen LogP contribution is -1.99. The number of aromatic nitrogens is 1. The minimum Gasteiger partial charge on any atom is -0.505 e. The molecule has 0 amide bonds. The van der Waals surface area contributed by atoms with Gasteiger partial charge >= 0.3 is 0 Å². The Hall–Kier alpha value is -3.31. The standard InChI is InChI=1S/C13H10O.C8H9NO3/c14-13(11-7-3-1-4-8-11)12-9-5-2-6-10-12;1-5-8(12)7(4-11)6(3-10)2-9-5/h1-10H;2,4,10,12H,3H2,1H3. The fraction of sp³-hybridized carbons (Fsp3) is 0.0952. The van der Waals surface area contributed by atoms with E-state index in [-0.39, 0.29) is 23.7 Å². The molecule has 2 N–H and O–H groups in total. The number of aliphatic hydroxyl groups excluding tert-OH is 1. The summed E-state index contributed by atoms with van der Waals surface area (Å²) < 4.78 is 0. The van der Waals surface area contributed by atoms with Gasteiger partial charge in [-0.15, -0.1) is 0 Å². The van der Waals surface area contributed by atoms with Crippen LogP contribution in [0.3, 0.4) is 0 Å². The number of hydrogen-bond acceptors (Lipinski definition) is 5. The third-order valence-electron chi connectivity index (χ3n) is 3.72. The highest BCUT2D eigenvalue weighted by Gasteiger charge is 2.09. The van der Waals surface area contributed by atoms with Crippen LogP contribution in [0.15, 0.2) is 66.9 Å². The van der Waals surface area contributed by atoms with Gasteiger partial charge in [-0.05, 0) is 6.92 Å². The summed E-state index contributed by atoms with van der Waals surface area (Å²) in [5, 5.41) is 18.1. The lowest BCUT2D eigenvalue weighted by Gasteiger charge is -2.04. The Bertz CT molecular complexity index is 836. The van der Waals surface area contributed by atoms with E-state index in [1.807, 2.05) is 60.7 Å². The van der Waals surface area contributed by atoms with Crippen LogP contribution in [0.5, 0.6) is 5.75 Å². The molecule has 0 saturated carbocycles. The third kappa shape index (κ3) is 4.62. The summed E-state index contributed by atoms with van der Waals surface area (Å²) in [6.45, 7) is 1.29. The van der Waals surface area contributed by atoms with Crippen molar-refractivity contribution in [2.45, 2.75) is 13.5 Å². The highest BCUT2D eigenvalue weighted by Crippen LogP contribution is 2.21. The van der Waals surface area contributed by atoms with E-state index in [1.165, 1.54) is 6.20 Å². The molecule has 0 radical (unpaired) electrons. The van der Waals surface area contributed by atoms with E-state index in [4.69, 9.17) is 5.11 Å². The number of benzene rings is 2. The number of aldehydes is 1. The van der Waals surface area contributed by atoms with Crippen molar-refractivity contribution in [3.8, 4) is 5.75 Å². The Kier molecular flexibility index (Phi) is 6.76. The minimum absolute atomic E-state index is 0.0752. The van der Waals surface area contributed by atoms with Gasteiger partial charge in [0.05, 0.1) is 17.9 Å². The fourth-order valence-electron chi connectivity index (χ4n) is 2.26. The van der Waals surface area contributed by atoms with Crippen molar-refractivity contribution in [2.75, 3.05) is 0 Å². The maximum atomic E-state index is 11.8. The number of carbonyl (C=O) groups excluding carboxylic acids is 2. The first-order valence-corrected chi connectivity index (χ1v) is 7.96. The zero-order chi connectivity index (χ0) is 18.9. The summed E-state index contributed by atoms with van der Waals surface area (Å²) in [6.07, 6.45) is 1.88. The Morgan fingerprint density at radius 3 is 1.92 bits per heavy atom. The Morgan fingerprint density at radius 1 is 1.00 bits per heavy atom. The molecule has 5 nitrogen and oxygen atoms in total. The topological polar surface area (TPSA) is 87.5 Å². The van der Waals surface area contributed by atoms with Crippen LogP contribution < -0.4 is 0 Å². The SMILES string of the molecule is Cc1ncc(CO)c(C=O)c1O.O=C(c1ccccc1)c1ccccc1. The van der Waals surface area contributed by atoms with Gasteiger partial charge < -0.3 is 10.2 Å². The zero-order valence-corrected chi connectivity index (χ0v) is 14.3. The number of nitrogens with zero attached hydrogens (tertiary/aromatic N) is 1. The Labute approximate surface area is 151 Å². The largest absolute Gasteiger partial charge is 0.505 e. The number of carbonyl (C=O) groups is 2. The fourth-order valence-corrected chi connectivity index (χ4v) is 2.26. The number of rotatable bonds is 4. The smallest absolute Gasteiger partial charge is 0.193 e. The quantitative estimate of drug-likeness (QED) is 0.557. The summed E-state index contributed by atoms with van der Waals surface area (Å²) in [5.41, 5.74) is 2.31. The van der Waals surface area contributed by atoms with Crippen molar-refractivity contribution >= 4 is 12.1 Å². The predicted molar refractivity (Wildman–Crippen MR) is 98.3 cm³/mol. The van der Waals surface area contributed by atoms with Crippen LogP contribution in [0.25, 0.3) is 0 Å². The van der Waals surface area contributed by atoms with Crippen molar-refractivity contribution in [2.24, 2.45) is 0 Å². The highest BCUT2D eigenvalue weighted by atomic mass is 16.3. The van der Waals surface area contributed by atoms with E-state index in [0.29, 0.717) is 17.5 Å². The first-order chi connectivity index (χ1) is 12.6. The summed E-state index contributed by atoms with van der Waals surface area (Å²) in [4.78, 5) is 26.1. The molecule has 0 aliphatic heterocycles. The normalized spacial score (nSPS) is 9.77. The van der Waals surface area contributed by atoms with Crippen molar-refractivity contribution < 1.29 is 19.8 Å². The molecular weight excluding hydrogens is 330 g/mol. The third-order valence-corrected chi connectivity index (χ3v) is 3.72. The van der Waals surface area contributed by atoms with Gasteiger partial charge in [0.1, 0.15) is 5.75 Å². The molecule has 0 fully saturated rings. The van der Waals surface area contributed by atoms with Gasteiger partial charge in [0.25, 0.3) is 0 Å². The molecule has 2 aromatic carbocycles. The van der Waals surface area contributed by atoms with Crippen LogP contribution in [-0.4, -0.2) is 27.3 Å². The molecule has 0 saturated heterocycles. The van der Waals surface area contributed by atoms with E-state index in [2.05, 4.69) is 4.98 Å². The molecule has 1 heterocycles. The summed E-state index contributed by atoms with van der Waals surface area (Å²) in [5.74, 6) is -0.0808. The van der Waals surface area contributed by atoms with Gasteiger partial charge in [0.2, 0.25) is 0 Å². The second kappa shape index (κ2) is 9.25. The Morgan fingerprint density at radius 2 is 1.50 bits per heavy atom. The van der Waals surface area contributed by atoms with Gasteiger partial charge in [-0.2, -0.15) is 0 Å². The molecule has 3 rings (SSSR count). The molecule has 0 aliphatic carbocycles. The second-order valence-corrected chi connectivity index (χ2v) is 5.47. The molecule has 0 bridgehead atoms. The maximum Gasteiger partial charge on any atom is 0.193 e. The molecule has 1 aromatic heterocycles. The molecule has 0 aliphatic rings. The van der Waals surface area contributed by atoms with Gasteiger partial charge in [0.15, 0.2) is 12.1 Å². The lowest BCUT2D eigenvalue weighted by molar-refractivity contribution is 0.103. The van der Waals surface area contributed by atoms with Gasteiger partial charge in [-0.1, -0.05) is 60.7 Å². The number of ketones is 1. The predicted octanol–water partition coefficient (Wildman–Crippen LogP) is 3.32. The minimum atomic E-state index is -0.297. The average molecular weight is 349 g/mol. The number of hydrogen-bond donors (Lipinski definition) is 2. The van der Waals surface area contributed by atoms with E-state index in [1.54, 1.807) is 6.92 Å². The van der Waals surface area contributed by atoms with Crippen molar-refractivity contribution in [1.29, 1.82) is 0 Å². The molecule has 3 aromatic rings. The van der Waals surface area contributed by atoms with Crippen LogP contribution in [0.4, 0.5) is 0 Å². The zero-order valence-electron chi connectivity index (χ0n) is 14.3. The first-order valence-electron chi connectivity index (χ1n) is 7.96. The lowest BCUT2D eigenvalue weighted by atomic mass is 10.0. The summed E-state index contributed by atoms with van der Waals surface area (Å²) in [7, 11) is 0. The van der Waals surface area contributed by atoms with Gasteiger partial charge in [0, 0.05) is 22.9 Å². The number of aryl methyl sites for hydroxylation is 1. The van der Waals surface area contributed by atoms with Gasteiger partial charge in [-0.25, -0.2) is 0 Å². The molecule has 132 valence electrons. The highest BCUT2D eigenvalue weighted by molar-refractivity contribution is 6.08. The molecule has 26 heavy (non-hydrogen) atoms. The Balaban J connectivity index is 0.000000190. The van der Waals surface area contributed by atoms with E-state index < -0.39 is 0 Å². The monoisotopic (exact) mass is 349 g/mol. The van der Waals surface area contributed by atoms with Crippen LogP contribution in [0.1, 0.15) is 37.5 Å². The second-order valence-electron chi connectivity index (χ2n) is 5.47. The van der Waals surface area contributed by atoms with Gasteiger partial charge in [-0.3, -0.25) is 14.6 Å². The van der Waals surface area contributed by atoms with E-state index in [9.17, 15) is 14.7 Å². The number of aliphatic hydroxyl groups is 1. The molecule has 5 heteroatoms. The van der Waals surface area contributed by atoms with E-state index in [0.717, 1.165) is 11.1 Å². The van der Waals surface area contributed by atoms with Crippen molar-refractivity contribution in [1.82, 2.24) is 4.98 Å². The van der Waals surface area contributed by atoms with Crippen molar-refractivity contribution in [3.05, 3.63) is 94.8 Å². The molecular formula is C21H19NO4. The number of pyridine rings is 1. The van der Waals surface area contributed by atoms with Crippen LogP contribution in [0.2, 0.25) is 0 Å². The molecule has 0 unspecified atom stereocenters. The summed E-state index contributed by atoms with van der Waals surface area (Å²) >= 11 is 0. The molecule has 0 atom stereocenters. The summed E-state index contributed by atoms with van der Waals surface area (Å²) in [6, 6.07) is 18.6. The maximum absolute atomic E-state index is 11.8. The van der Waals surface area contributed by atoms with E-state index >= 15 is 0 Å². The van der Waals surface area contributed by atoms with Crippen molar-refractivity contribution in [3.63, 3.8) is 0 Å². The first kappa shape index (κ1) is 19.0. The van der Waals surface area contributed by atoms with Crippen LogP contribution in [0, 0.1) is 6.92 Å². The van der Waals surface area contributed by atoms with Crippen LogP contribution in [-0.2, 0) is 6.61 Å². The number of aromatic hydroxyl groups is 1. The molecule has 0 spiro atoms. The van der Waals surface area contributed by atoms with Crippen LogP contribution >= 0.6 is 0 Å². The average Bonchev–Trinajstić information content (AvgIpc) is 2.71.